The lowest BCUT2D eigenvalue weighted by atomic mass is 10.1. The fourth-order valence-corrected chi connectivity index (χ4v) is 1.24. The van der Waals surface area contributed by atoms with Crippen LogP contribution in [0.3, 0.4) is 0 Å². The van der Waals surface area contributed by atoms with Crippen LogP contribution in [0.1, 0.15) is 32.6 Å². The van der Waals surface area contributed by atoms with Crippen LogP contribution in [0.25, 0.3) is 0 Å². The molecule has 14 heavy (non-hydrogen) atoms. The maximum atomic E-state index is 11.4. The summed E-state index contributed by atoms with van der Waals surface area (Å²) in [5.74, 6) is -1.32. The average molecular weight is 197 g/mol. The number of amides is 2. The second-order valence-corrected chi connectivity index (χ2v) is 4.02. The Morgan fingerprint density at radius 1 is 1.29 bits per heavy atom. The van der Waals surface area contributed by atoms with Gasteiger partial charge in [0.25, 0.3) is 11.8 Å². The largest absolute Gasteiger partial charge is 0.338 e. The highest BCUT2D eigenvalue weighted by molar-refractivity contribution is 6.01. The molecule has 1 heterocycles. The molecule has 76 valence electrons. The van der Waals surface area contributed by atoms with E-state index in [0.29, 0.717) is 5.06 Å². The van der Waals surface area contributed by atoms with Crippen molar-refractivity contribution in [3.05, 3.63) is 0 Å². The van der Waals surface area contributed by atoms with Crippen molar-refractivity contribution in [3.8, 4) is 0 Å². The Labute approximate surface area is 81.0 Å². The van der Waals surface area contributed by atoms with E-state index in [1.54, 1.807) is 6.92 Å². The second kappa shape index (κ2) is 2.80. The van der Waals surface area contributed by atoms with Crippen LogP contribution in [0.2, 0.25) is 0 Å². The van der Waals surface area contributed by atoms with E-state index in [-0.39, 0.29) is 12.8 Å². The second-order valence-electron chi connectivity index (χ2n) is 4.02. The molecule has 0 unspecified atom stereocenters. The lowest BCUT2D eigenvalue weighted by molar-refractivity contribution is -0.201. The van der Waals surface area contributed by atoms with Crippen molar-refractivity contribution in [2.75, 3.05) is 0 Å². The molecule has 0 radical (unpaired) electrons. The van der Waals surface area contributed by atoms with Crippen molar-refractivity contribution < 1.29 is 19.2 Å². The zero-order valence-electron chi connectivity index (χ0n) is 7.91. The molecule has 0 N–H and O–H groups in total. The van der Waals surface area contributed by atoms with Crippen LogP contribution >= 0.6 is 0 Å². The molecule has 0 atom stereocenters. The van der Waals surface area contributed by atoms with E-state index in [9.17, 15) is 14.4 Å². The molecular formula is C9H11NO4. The minimum atomic E-state index is -0.471. The number of nitrogens with zero attached hydrogens (tertiary/aromatic N) is 1. The van der Waals surface area contributed by atoms with Gasteiger partial charge in [0, 0.05) is 12.8 Å². The predicted octanol–water partition coefficient (Wildman–Crippen LogP) is 0.394. The van der Waals surface area contributed by atoms with E-state index in [2.05, 4.69) is 0 Å². The van der Waals surface area contributed by atoms with Crippen LogP contribution in [0, 0.1) is 5.41 Å². The van der Waals surface area contributed by atoms with E-state index in [1.165, 1.54) is 0 Å². The predicted molar refractivity (Wildman–Crippen MR) is 44.5 cm³/mol. The van der Waals surface area contributed by atoms with Gasteiger partial charge in [-0.2, -0.15) is 0 Å². The molecule has 0 aromatic carbocycles. The molecule has 0 aromatic heterocycles. The maximum absolute atomic E-state index is 11.4. The highest BCUT2D eigenvalue weighted by Gasteiger charge is 2.49. The van der Waals surface area contributed by atoms with Crippen LogP contribution in [0.5, 0.6) is 0 Å². The Morgan fingerprint density at radius 3 is 2.21 bits per heavy atom. The van der Waals surface area contributed by atoms with Crippen molar-refractivity contribution in [3.63, 3.8) is 0 Å². The summed E-state index contributed by atoms with van der Waals surface area (Å²) in [5, 5.41) is 0.603. The van der Waals surface area contributed by atoms with E-state index < -0.39 is 23.2 Å². The first-order valence-electron chi connectivity index (χ1n) is 4.61. The van der Waals surface area contributed by atoms with E-state index >= 15 is 0 Å². The van der Waals surface area contributed by atoms with Crippen molar-refractivity contribution in [2.24, 2.45) is 5.41 Å². The van der Waals surface area contributed by atoms with E-state index in [0.717, 1.165) is 12.8 Å². The highest BCUT2D eigenvalue weighted by atomic mass is 16.7. The third kappa shape index (κ3) is 1.38. The molecule has 1 aliphatic heterocycles. The van der Waals surface area contributed by atoms with Crippen LogP contribution in [0.15, 0.2) is 0 Å². The minimum Gasteiger partial charge on any atom is -0.330 e. The molecule has 2 aliphatic rings. The third-order valence-electron chi connectivity index (χ3n) is 2.67. The molecule has 2 fully saturated rings. The van der Waals surface area contributed by atoms with Gasteiger partial charge in [0.05, 0.1) is 5.41 Å². The van der Waals surface area contributed by atoms with Gasteiger partial charge in [-0.25, -0.2) is 4.79 Å². The summed E-state index contributed by atoms with van der Waals surface area (Å²) >= 11 is 0. The zero-order chi connectivity index (χ0) is 10.3. The first-order valence-corrected chi connectivity index (χ1v) is 4.61. The molecule has 0 aromatic rings. The molecule has 2 rings (SSSR count). The molecule has 5 heteroatoms. The monoisotopic (exact) mass is 197 g/mol. The van der Waals surface area contributed by atoms with Gasteiger partial charge in [0.1, 0.15) is 0 Å². The van der Waals surface area contributed by atoms with Crippen LogP contribution in [-0.2, 0) is 19.2 Å². The van der Waals surface area contributed by atoms with Crippen LogP contribution in [-0.4, -0.2) is 22.8 Å². The Hall–Kier alpha value is -1.39. The lowest BCUT2D eigenvalue weighted by Gasteiger charge is -2.15. The number of hydroxylamine groups is 2. The van der Waals surface area contributed by atoms with Gasteiger partial charge in [-0.3, -0.25) is 9.59 Å². The molecule has 0 bridgehead atoms. The zero-order valence-corrected chi connectivity index (χ0v) is 7.91. The number of carbonyl (C=O) groups excluding carboxylic acids is 3. The number of hydrogen-bond donors (Lipinski definition) is 0. The quantitative estimate of drug-likeness (QED) is 0.601. The Balaban J connectivity index is 2.00. The van der Waals surface area contributed by atoms with Crippen molar-refractivity contribution in [1.82, 2.24) is 5.06 Å². The van der Waals surface area contributed by atoms with Gasteiger partial charge < -0.3 is 4.84 Å². The molecule has 1 saturated carbocycles. The smallest absolute Gasteiger partial charge is 0.330 e. The summed E-state index contributed by atoms with van der Waals surface area (Å²) in [6, 6.07) is 0. The Morgan fingerprint density at radius 2 is 1.79 bits per heavy atom. The number of carbonyl (C=O) groups is 3. The molecule has 1 aliphatic carbocycles. The summed E-state index contributed by atoms with van der Waals surface area (Å²) in [6.07, 6.45) is 1.82. The topological polar surface area (TPSA) is 63.7 Å². The molecule has 5 nitrogen and oxygen atoms in total. The summed E-state index contributed by atoms with van der Waals surface area (Å²) in [7, 11) is 0. The standard InChI is InChI=1S/C9H11NO4/c1-9(4-5-9)8(13)14-10-6(11)2-3-7(10)12/h2-5H2,1H3. The van der Waals surface area contributed by atoms with Crippen molar-refractivity contribution >= 4 is 17.8 Å². The van der Waals surface area contributed by atoms with Crippen LogP contribution < -0.4 is 0 Å². The van der Waals surface area contributed by atoms with Gasteiger partial charge in [-0.15, -0.1) is 5.06 Å². The summed E-state index contributed by atoms with van der Waals surface area (Å²) in [5.41, 5.74) is -0.469. The first-order chi connectivity index (χ1) is 6.53. The minimum absolute atomic E-state index is 0.142. The average Bonchev–Trinajstić information content (AvgIpc) is 2.82. The third-order valence-corrected chi connectivity index (χ3v) is 2.67. The maximum Gasteiger partial charge on any atom is 0.338 e. The van der Waals surface area contributed by atoms with Gasteiger partial charge >= 0.3 is 5.97 Å². The van der Waals surface area contributed by atoms with Crippen molar-refractivity contribution in [1.29, 1.82) is 0 Å². The molecule has 0 spiro atoms. The molecular weight excluding hydrogens is 186 g/mol. The summed E-state index contributed by atoms with van der Waals surface area (Å²) in [4.78, 5) is 38.4. The lowest BCUT2D eigenvalue weighted by Crippen LogP contribution is -2.34. The number of rotatable bonds is 2. The van der Waals surface area contributed by atoms with Gasteiger partial charge in [0.15, 0.2) is 0 Å². The normalized spacial score (nSPS) is 23.9. The van der Waals surface area contributed by atoms with E-state index in [1.807, 2.05) is 0 Å². The first kappa shape index (κ1) is 9.18. The van der Waals surface area contributed by atoms with E-state index in [4.69, 9.17) is 4.84 Å². The summed E-state index contributed by atoms with van der Waals surface area (Å²) < 4.78 is 0. The fourth-order valence-electron chi connectivity index (χ4n) is 1.24. The Kier molecular flexibility index (Phi) is 1.83. The van der Waals surface area contributed by atoms with Crippen LogP contribution in [0.4, 0.5) is 0 Å². The summed E-state index contributed by atoms with van der Waals surface area (Å²) in [6.45, 7) is 1.76. The number of imide groups is 1. The Bertz CT molecular complexity index is 303. The number of hydrogen-bond acceptors (Lipinski definition) is 4. The molecule has 2 amide bonds. The SMILES string of the molecule is CC1(C(=O)ON2C(=O)CCC2=O)CC1. The van der Waals surface area contributed by atoms with Crippen molar-refractivity contribution in [2.45, 2.75) is 32.6 Å². The highest BCUT2D eigenvalue weighted by Crippen LogP contribution is 2.46. The fraction of sp³-hybridized carbons (Fsp3) is 0.667. The van der Waals surface area contributed by atoms with Gasteiger partial charge in [-0.1, -0.05) is 0 Å². The van der Waals surface area contributed by atoms with Gasteiger partial charge in [0.2, 0.25) is 0 Å². The molecule has 1 saturated heterocycles. The van der Waals surface area contributed by atoms with Gasteiger partial charge in [-0.05, 0) is 19.8 Å².